The number of hydrogen-bond donors (Lipinski definition) is 1. The molecular formula is C19H22O4. The molecule has 1 aromatic carbocycles. The van der Waals surface area contributed by atoms with Crippen LogP contribution < -0.4 is 0 Å². The largest absolute Gasteiger partial charge is 0.390 e. The van der Waals surface area contributed by atoms with Crippen LogP contribution in [-0.4, -0.2) is 28.1 Å². The number of carbonyl (C=O) groups is 3. The molecule has 0 bridgehead atoms. The second-order valence-corrected chi connectivity index (χ2v) is 6.51. The van der Waals surface area contributed by atoms with Crippen molar-refractivity contribution in [2.24, 2.45) is 0 Å². The average Bonchev–Trinajstić information content (AvgIpc) is 2.51. The molecule has 23 heavy (non-hydrogen) atoms. The van der Waals surface area contributed by atoms with Gasteiger partial charge in [-0.2, -0.15) is 0 Å². The van der Waals surface area contributed by atoms with Gasteiger partial charge in [0.15, 0.2) is 11.6 Å². The molecule has 1 unspecified atom stereocenters. The molecule has 0 heterocycles. The van der Waals surface area contributed by atoms with E-state index in [1.807, 2.05) is 0 Å². The van der Waals surface area contributed by atoms with Crippen molar-refractivity contribution in [2.75, 3.05) is 0 Å². The lowest BCUT2D eigenvalue weighted by Gasteiger charge is -2.25. The summed E-state index contributed by atoms with van der Waals surface area (Å²) < 4.78 is 0. The van der Waals surface area contributed by atoms with E-state index >= 15 is 0 Å². The molecule has 1 N–H and O–H groups in total. The maximum Gasteiger partial charge on any atom is 0.190 e. The van der Waals surface area contributed by atoms with Gasteiger partial charge in [0.1, 0.15) is 5.78 Å². The molecule has 0 aliphatic heterocycles. The maximum absolute atomic E-state index is 12.6. The standard InChI is InChI=1S/C19H22O4/c1-12(20)8-10-19(3,23)11-9-14-13(2)17(21)15-6-4-5-7-16(15)18(14)22/h4-7,23H,8-11H2,1-3H3. The lowest BCUT2D eigenvalue weighted by Crippen LogP contribution is -2.27. The van der Waals surface area contributed by atoms with Crippen molar-refractivity contribution in [1.29, 1.82) is 0 Å². The Hall–Kier alpha value is -2.07. The molecule has 0 saturated carbocycles. The molecule has 4 heteroatoms. The minimum atomic E-state index is -1.03. The number of allylic oxidation sites excluding steroid dienone is 2. The summed E-state index contributed by atoms with van der Waals surface area (Å²) in [6, 6.07) is 6.81. The molecule has 0 saturated heterocycles. The fraction of sp³-hybridized carbons (Fsp3) is 0.421. The van der Waals surface area contributed by atoms with Crippen LogP contribution in [0.4, 0.5) is 0 Å². The number of fused-ring (bicyclic) bond motifs is 1. The highest BCUT2D eigenvalue weighted by Gasteiger charge is 2.31. The average molecular weight is 314 g/mol. The van der Waals surface area contributed by atoms with Crippen molar-refractivity contribution in [3.63, 3.8) is 0 Å². The van der Waals surface area contributed by atoms with Crippen LogP contribution in [0.1, 0.15) is 67.2 Å². The van der Waals surface area contributed by atoms with Crippen LogP contribution in [0.5, 0.6) is 0 Å². The third-order valence-corrected chi connectivity index (χ3v) is 4.41. The van der Waals surface area contributed by atoms with Gasteiger partial charge in [0.2, 0.25) is 0 Å². The number of carbonyl (C=O) groups excluding carboxylic acids is 3. The van der Waals surface area contributed by atoms with Crippen LogP contribution in [-0.2, 0) is 4.79 Å². The number of Topliss-reactive ketones (excluding diaryl/α,β-unsaturated/α-hetero) is 3. The van der Waals surface area contributed by atoms with E-state index in [1.165, 1.54) is 6.92 Å². The van der Waals surface area contributed by atoms with Gasteiger partial charge in [0.25, 0.3) is 0 Å². The maximum atomic E-state index is 12.6. The zero-order valence-electron chi connectivity index (χ0n) is 13.8. The van der Waals surface area contributed by atoms with Crippen molar-refractivity contribution in [3.05, 3.63) is 46.5 Å². The lowest BCUT2D eigenvalue weighted by molar-refractivity contribution is -0.118. The Morgan fingerprint density at radius 3 is 2.22 bits per heavy atom. The van der Waals surface area contributed by atoms with E-state index in [9.17, 15) is 19.5 Å². The minimum absolute atomic E-state index is 0.0264. The summed E-state index contributed by atoms with van der Waals surface area (Å²) >= 11 is 0. The third kappa shape index (κ3) is 3.82. The normalized spacial score (nSPS) is 17.0. The van der Waals surface area contributed by atoms with E-state index in [0.29, 0.717) is 48.0 Å². The first-order chi connectivity index (χ1) is 10.7. The molecule has 0 fully saturated rings. The van der Waals surface area contributed by atoms with Crippen molar-refractivity contribution in [2.45, 2.75) is 52.1 Å². The number of benzene rings is 1. The quantitative estimate of drug-likeness (QED) is 0.874. The highest BCUT2D eigenvalue weighted by Crippen LogP contribution is 2.31. The summed E-state index contributed by atoms with van der Waals surface area (Å²) in [5.74, 6) is -0.239. The monoisotopic (exact) mass is 314 g/mol. The second-order valence-electron chi connectivity index (χ2n) is 6.51. The Bertz CT molecular complexity index is 695. The van der Waals surface area contributed by atoms with E-state index in [1.54, 1.807) is 38.1 Å². The highest BCUT2D eigenvalue weighted by molar-refractivity contribution is 6.26. The van der Waals surface area contributed by atoms with Gasteiger partial charge < -0.3 is 9.90 Å². The van der Waals surface area contributed by atoms with E-state index in [2.05, 4.69) is 0 Å². The molecular weight excluding hydrogens is 292 g/mol. The van der Waals surface area contributed by atoms with Crippen molar-refractivity contribution in [1.82, 2.24) is 0 Å². The first-order valence-corrected chi connectivity index (χ1v) is 7.83. The van der Waals surface area contributed by atoms with Crippen LogP contribution in [0.3, 0.4) is 0 Å². The van der Waals surface area contributed by atoms with Gasteiger partial charge in [0, 0.05) is 28.7 Å². The van der Waals surface area contributed by atoms with Crippen molar-refractivity contribution >= 4 is 17.3 Å². The van der Waals surface area contributed by atoms with Gasteiger partial charge in [-0.3, -0.25) is 9.59 Å². The molecule has 0 amide bonds. The Morgan fingerprint density at radius 1 is 1.09 bits per heavy atom. The topological polar surface area (TPSA) is 71.4 Å². The van der Waals surface area contributed by atoms with Gasteiger partial charge in [-0.15, -0.1) is 0 Å². The summed E-state index contributed by atoms with van der Waals surface area (Å²) in [6.45, 7) is 4.81. The molecule has 4 nitrogen and oxygen atoms in total. The zero-order chi connectivity index (χ0) is 17.2. The van der Waals surface area contributed by atoms with Crippen LogP contribution >= 0.6 is 0 Å². The van der Waals surface area contributed by atoms with Crippen molar-refractivity contribution < 1.29 is 19.5 Å². The van der Waals surface area contributed by atoms with Gasteiger partial charge in [-0.25, -0.2) is 0 Å². The molecule has 0 spiro atoms. The smallest absolute Gasteiger partial charge is 0.190 e. The Morgan fingerprint density at radius 2 is 1.65 bits per heavy atom. The molecule has 0 aromatic heterocycles. The first-order valence-electron chi connectivity index (χ1n) is 7.83. The first kappa shape index (κ1) is 17.3. The van der Waals surface area contributed by atoms with Gasteiger partial charge >= 0.3 is 0 Å². The predicted molar refractivity (Wildman–Crippen MR) is 87.6 cm³/mol. The van der Waals surface area contributed by atoms with Gasteiger partial charge in [-0.05, 0) is 40.0 Å². The molecule has 1 atom stereocenters. The number of ketones is 3. The van der Waals surface area contributed by atoms with E-state index < -0.39 is 5.60 Å². The summed E-state index contributed by atoms with van der Waals surface area (Å²) in [5.41, 5.74) is 0.774. The molecule has 1 aliphatic rings. The summed E-state index contributed by atoms with van der Waals surface area (Å²) in [6.07, 6.45) is 1.33. The molecule has 1 aliphatic carbocycles. The van der Waals surface area contributed by atoms with Gasteiger partial charge in [-0.1, -0.05) is 24.3 Å². The van der Waals surface area contributed by atoms with Crippen LogP contribution in [0.15, 0.2) is 35.4 Å². The van der Waals surface area contributed by atoms with Crippen LogP contribution in [0, 0.1) is 0 Å². The number of hydrogen-bond acceptors (Lipinski definition) is 4. The van der Waals surface area contributed by atoms with Crippen molar-refractivity contribution in [3.8, 4) is 0 Å². The van der Waals surface area contributed by atoms with Gasteiger partial charge in [0.05, 0.1) is 5.60 Å². The predicted octanol–water partition coefficient (Wildman–Crippen LogP) is 3.28. The molecule has 2 rings (SSSR count). The van der Waals surface area contributed by atoms with E-state index in [0.717, 1.165) is 0 Å². The fourth-order valence-corrected chi connectivity index (χ4v) is 2.82. The fourth-order valence-electron chi connectivity index (χ4n) is 2.82. The van der Waals surface area contributed by atoms with E-state index in [4.69, 9.17) is 0 Å². The van der Waals surface area contributed by atoms with E-state index in [-0.39, 0.29) is 17.3 Å². The number of rotatable bonds is 6. The SMILES string of the molecule is CC(=O)CCC(C)(O)CCC1=C(C)C(=O)c2ccccc2C1=O. The Kier molecular flexibility index (Phi) is 4.95. The highest BCUT2D eigenvalue weighted by atomic mass is 16.3. The Labute approximate surface area is 136 Å². The number of aliphatic hydroxyl groups is 1. The lowest BCUT2D eigenvalue weighted by atomic mass is 9.81. The molecule has 0 radical (unpaired) electrons. The second kappa shape index (κ2) is 6.59. The molecule has 122 valence electrons. The Balaban J connectivity index is 2.17. The van der Waals surface area contributed by atoms with Crippen LogP contribution in [0.2, 0.25) is 0 Å². The van der Waals surface area contributed by atoms with Crippen LogP contribution in [0.25, 0.3) is 0 Å². The minimum Gasteiger partial charge on any atom is -0.390 e. The molecule has 1 aromatic rings. The summed E-state index contributed by atoms with van der Waals surface area (Å²) in [5, 5.41) is 10.4. The summed E-state index contributed by atoms with van der Waals surface area (Å²) in [7, 11) is 0. The third-order valence-electron chi connectivity index (χ3n) is 4.41. The summed E-state index contributed by atoms with van der Waals surface area (Å²) in [4.78, 5) is 36.1. The zero-order valence-corrected chi connectivity index (χ0v) is 13.8.